The molecule has 0 amide bonds. The molecule has 0 aliphatic carbocycles. The molecule has 3 atom stereocenters. The summed E-state index contributed by atoms with van der Waals surface area (Å²) >= 11 is 6.26. The first-order chi connectivity index (χ1) is 6.58. The van der Waals surface area contributed by atoms with Gasteiger partial charge in [-0.05, 0) is 26.2 Å². The first-order valence-corrected chi connectivity index (χ1v) is 5.54. The summed E-state index contributed by atoms with van der Waals surface area (Å²) in [5, 5.41) is 0.206. The fourth-order valence-corrected chi connectivity index (χ4v) is 3.23. The maximum Gasteiger partial charge on any atom is 0.0971 e. The number of halogens is 1. The van der Waals surface area contributed by atoms with Gasteiger partial charge in [0.25, 0.3) is 0 Å². The van der Waals surface area contributed by atoms with Crippen molar-refractivity contribution in [3.05, 3.63) is 12.7 Å². The van der Waals surface area contributed by atoms with Gasteiger partial charge < -0.3 is 9.47 Å². The Morgan fingerprint density at radius 2 is 2.29 bits per heavy atom. The molecule has 2 heterocycles. The largest absolute Gasteiger partial charge is 0.375 e. The van der Waals surface area contributed by atoms with Gasteiger partial charge >= 0.3 is 0 Å². The van der Waals surface area contributed by atoms with Crippen molar-refractivity contribution in [2.75, 3.05) is 13.2 Å². The Balaban J connectivity index is 2.19. The van der Waals surface area contributed by atoms with Crippen molar-refractivity contribution in [2.45, 2.75) is 42.8 Å². The molecule has 0 radical (unpaired) electrons. The summed E-state index contributed by atoms with van der Waals surface area (Å²) < 4.78 is 11.7. The van der Waals surface area contributed by atoms with Crippen molar-refractivity contribution >= 4 is 11.6 Å². The fraction of sp³-hybridized carbons (Fsp3) is 0.818. The van der Waals surface area contributed by atoms with Crippen LogP contribution >= 0.6 is 11.6 Å². The van der Waals surface area contributed by atoms with Crippen molar-refractivity contribution in [2.24, 2.45) is 0 Å². The van der Waals surface area contributed by atoms with E-state index in [1.165, 1.54) is 0 Å². The molecular weight excluding hydrogens is 200 g/mol. The maximum absolute atomic E-state index is 6.26. The van der Waals surface area contributed by atoms with Gasteiger partial charge in [-0.3, -0.25) is 0 Å². The van der Waals surface area contributed by atoms with Crippen molar-refractivity contribution in [3.8, 4) is 0 Å². The lowest BCUT2D eigenvalue weighted by Gasteiger charge is -2.52. The Hall–Kier alpha value is -0.0500. The van der Waals surface area contributed by atoms with E-state index in [4.69, 9.17) is 21.1 Å². The summed E-state index contributed by atoms with van der Waals surface area (Å²) in [6, 6.07) is 0. The van der Waals surface area contributed by atoms with Crippen LogP contribution in [0.4, 0.5) is 0 Å². The summed E-state index contributed by atoms with van der Waals surface area (Å²) in [4.78, 5) is 0. The van der Waals surface area contributed by atoms with Gasteiger partial charge in [0.05, 0.1) is 24.4 Å². The van der Waals surface area contributed by atoms with Crippen LogP contribution in [0.3, 0.4) is 0 Å². The SMILES string of the molecule is C=CCC12COCC(C)(CC(Cl)C1)O2. The zero-order valence-corrected chi connectivity index (χ0v) is 9.35. The third-order valence-corrected chi connectivity index (χ3v) is 3.31. The summed E-state index contributed by atoms with van der Waals surface area (Å²) in [6.07, 6.45) is 4.47. The van der Waals surface area contributed by atoms with Crippen molar-refractivity contribution < 1.29 is 9.47 Å². The van der Waals surface area contributed by atoms with Crippen LogP contribution in [-0.2, 0) is 9.47 Å². The van der Waals surface area contributed by atoms with E-state index >= 15 is 0 Å². The van der Waals surface area contributed by atoms with Crippen LogP contribution in [0.1, 0.15) is 26.2 Å². The monoisotopic (exact) mass is 216 g/mol. The average Bonchev–Trinajstić information content (AvgIpc) is 2.00. The maximum atomic E-state index is 6.26. The predicted molar refractivity (Wildman–Crippen MR) is 56.7 cm³/mol. The molecule has 80 valence electrons. The van der Waals surface area contributed by atoms with E-state index in [-0.39, 0.29) is 16.6 Å². The molecular formula is C11H17ClO2. The van der Waals surface area contributed by atoms with Gasteiger partial charge in [-0.1, -0.05) is 6.08 Å². The molecule has 2 nitrogen and oxygen atoms in total. The minimum Gasteiger partial charge on any atom is -0.375 e. The minimum atomic E-state index is -0.209. The molecule has 0 aromatic carbocycles. The standard InChI is InChI=1S/C11H17ClO2/c1-3-4-11-6-9(12)5-10(2,14-11)7-13-8-11/h3,9H,1,4-8H2,2H3. The van der Waals surface area contributed by atoms with Crippen LogP contribution in [0, 0.1) is 0 Å². The normalized spacial score (nSPS) is 47.4. The van der Waals surface area contributed by atoms with Gasteiger partial charge in [0.1, 0.15) is 0 Å². The number of fused-ring (bicyclic) bond motifs is 2. The van der Waals surface area contributed by atoms with Crippen LogP contribution in [0.15, 0.2) is 12.7 Å². The highest BCUT2D eigenvalue weighted by molar-refractivity contribution is 6.20. The zero-order valence-electron chi connectivity index (χ0n) is 8.59. The Bertz CT molecular complexity index is 243. The molecule has 2 saturated heterocycles. The molecule has 0 saturated carbocycles. The van der Waals surface area contributed by atoms with Crippen LogP contribution in [0.25, 0.3) is 0 Å². The lowest BCUT2D eigenvalue weighted by atomic mass is 9.82. The molecule has 3 unspecified atom stereocenters. The van der Waals surface area contributed by atoms with Crippen molar-refractivity contribution in [3.63, 3.8) is 0 Å². The van der Waals surface area contributed by atoms with Crippen LogP contribution in [0.5, 0.6) is 0 Å². The molecule has 2 rings (SSSR count). The molecule has 2 bridgehead atoms. The second-order valence-electron chi connectivity index (χ2n) is 4.73. The molecule has 0 spiro atoms. The van der Waals surface area contributed by atoms with E-state index < -0.39 is 0 Å². The Kier molecular flexibility index (Phi) is 2.63. The van der Waals surface area contributed by atoms with Gasteiger partial charge in [0.15, 0.2) is 0 Å². The highest BCUT2D eigenvalue weighted by atomic mass is 35.5. The van der Waals surface area contributed by atoms with E-state index in [1.807, 2.05) is 6.08 Å². The molecule has 0 aromatic rings. The minimum absolute atomic E-state index is 0.189. The molecule has 0 aromatic heterocycles. The second-order valence-corrected chi connectivity index (χ2v) is 5.34. The van der Waals surface area contributed by atoms with Gasteiger partial charge in [-0.2, -0.15) is 0 Å². The number of hydrogen-bond donors (Lipinski definition) is 0. The second kappa shape index (κ2) is 3.51. The van der Waals surface area contributed by atoms with E-state index in [9.17, 15) is 0 Å². The first kappa shape index (κ1) is 10.5. The van der Waals surface area contributed by atoms with Crippen LogP contribution in [0.2, 0.25) is 0 Å². The van der Waals surface area contributed by atoms with Crippen molar-refractivity contribution in [1.82, 2.24) is 0 Å². The average molecular weight is 217 g/mol. The molecule has 2 fully saturated rings. The summed E-state index contributed by atoms with van der Waals surface area (Å²) in [6.45, 7) is 7.16. The highest BCUT2D eigenvalue weighted by Crippen LogP contribution is 2.43. The van der Waals surface area contributed by atoms with Crippen LogP contribution in [-0.4, -0.2) is 29.8 Å². The third kappa shape index (κ3) is 1.83. The van der Waals surface area contributed by atoms with E-state index in [1.54, 1.807) is 0 Å². The van der Waals surface area contributed by atoms with E-state index in [2.05, 4.69) is 13.5 Å². The summed E-state index contributed by atoms with van der Waals surface area (Å²) in [5.41, 5.74) is -0.397. The smallest absolute Gasteiger partial charge is 0.0971 e. The van der Waals surface area contributed by atoms with E-state index in [0.717, 1.165) is 19.3 Å². The quantitative estimate of drug-likeness (QED) is 0.522. The Morgan fingerprint density at radius 1 is 1.50 bits per heavy atom. The van der Waals surface area contributed by atoms with Gasteiger partial charge in [0, 0.05) is 5.38 Å². The Labute approximate surface area is 90.2 Å². The van der Waals surface area contributed by atoms with Gasteiger partial charge in [-0.25, -0.2) is 0 Å². The summed E-state index contributed by atoms with van der Waals surface area (Å²) in [7, 11) is 0. The van der Waals surface area contributed by atoms with Gasteiger partial charge in [-0.15, -0.1) is 18.2 Å². The molecule has 2 aliphatic rings. The lowest BCUT2D eigenvalue weighted by molar-refractivity contribution is -0.264. The van der Waals surface area contributed by atoms with Gasteiger partial charge in [0.2, 0.25) is 0 Å². The predicted octanol–water partition coefficient (Wildman–Crippen LogP) is 2.51. The fourth-order valence-electron chi connectivity index (χ4n) is 2.63. The molecule has 14 heavy (non-hydrogen) atoms. The molecule has 2 aliphatic heterocycles. The topological polar surface area (TPSA) is 18.5 Å². The number of hydrogen-bond acceptors (Lipinski definition) is 2. The Morgan fingerprint density at radius 3 is 3.00 bits per heavy atom. The third-order valence-electron chi connectivity index (χ3n) is 3.00. The highest BCUT2D eigenvalue weighted by Gasteiger charge is 2.49. The van der Waals surface area contributed by atoms with Crippen LogP contribution < -0.4 is 0 Å². The molecule has 0 N–H and O–H groups in total. The number of rotatable bonds is 2. The van der Waals surface area contributed by atoms with Crippen molar-refractivity contribution in [1.29, 1.82) is 0 Å². The first-order valence-electron chi connectivity index (χ1n) is 5.10. The number of alkyl halides is 1. The summed E-state index contributed by atoms with van der Waals surface area (Å²) in [5.74, 6) is 0. The van der Waals surface area contributed by atoms with E-state index in [0.29, 0.717) is 13.2 Å². The number of ether oxygens (including phenoxy) is 2. The lowest BCUT2D eigenvalue weighted by Crippen LogP contribution is -2.59. The zero-order chi connectivity index (χ0) is 10.2. The molecule has 3 heteroatoms.